The first kappa shape index (κ1) is 13.2. The van der Waals surface area contributed by atoms with Gasteiger partial charge in [-0.3, -0.25) is 9.36 Å². The number of methoxy groups -OCH3 is 2. The van der Waals surface area contributed by atoms with Gasteiger partial charge in [0.05, 0.1) is 25.3 Å². The molecule has 0 fully saturated rings. The highest BCUT2D eigenvalue weighted by atomic mass is 16.5. The third-order valence-electron chi connectivity index (χ3n) is 2.81. The Labute approximate surface area is 111 Å². The minimum Gasteiger partial charge on any atom is -0.497 e. The highest BCUT2D eigenvalue weighted by molar-refractivity contribution is 5.78. The van der Waals surface area contributed by atoms with Crippen molar-refractivity contribution in [3.63, 3.8) is 0 Å². The summed E-state index contributed by atoms with van der Waals surface area (Å²) in [5.74, 6) is 0.705. The van der Waals surface area contributed by atoms with Gasteiger partial charge in [0.1, 0.15) is 5.75 Å². The largest absolute Gasteiger partial charge is 0.497 e. The molecule has 0 atom stereocenters. The van der Waals surface area contributed by atoms with Crippen molar-refractivity contribution in [3.8, 4) is 11.8 Å². The fraction of sp³-hybridized carbons (Fsp3) is 0.385. The molecule has 0 aliphatic rings. The molecule has 0 bridgehead atoms. The number of carbonyl (C=O) groups excluding carboxylic acids is 1. The molecule has 1 aromatic carbocycles. The summed E-state index contributed by atoms with van der Waals surface area (Å²) < 4.78 is 12.4. The van der Waals surface area contributed by atoms with Gasteiger partial charge in [-0.05, 0) is 12.1 Å². The van der Waals surface area contributed by atoms with Crippen LogP contribution in [0.5, 0.6) is 11.8 Å². The van der Waals surface area contributed by atoms with Crippen molar-refractivity contribution in [2.75, 3.05) is 20.8 Å². The predicted molar refractivity (Wildman–Crippen MR) is 71.5 cm³/mol. The van der Waals surface area contributed by atoms with Gasteiger partial charge in [0.2, 0.25) is 5.91 Å². The normalized spacial score (nSPS) is 10.5. The maximum absolute atomic E-state index is 10.9. The first-order valence-corrected chi connectivity index (χ1v) is 5.98. The number of benzene rings is 1. The van der Waals surface area contributed by atoms with E-state index in [9.17, 15) is 4.79 Å². The highest BCUT2D eigenvalue weighted by Crippen LogP contribution is 2.25. The Balaban J connectivity index is 2.34. The summed E-state index contributed by atoms with van der Waals surface area (Å²) in [5, 5.41) is 2.75. The number of hydrogen-bond acceptors (Lipinski definition) is 4. The number of amides is 1. The summed E-state index contributed by atoms with van der Waals surface area (Å²) >= 11 is 0. The van der Waals surface area contributed by atoms with Crippen LogP contribution in [0.1, 0.15) is 6.92 Å². The molecule has 0 saturated heterocycles. The van der Waals surface area contributed by atoms with E-state index in [-0.39, 0.29) is 5.91 Å². The Morgan fingerprint density at radius 2 is 2.16 bits per heavy atom. The molecule has 0 radical (unpaired) electrons. The van der Waals surface area contributed by atoms with E-state index in [2.05, 4.69) is 10.3 Å². The van der Waals surface area contributed by atoms with Crippen LogP contribution in [-0.4, -0.2) is 36.2 Å². The number of nitrogens with zero attached hydrogens (tertiary/aromatic N) is 2. The van der Waals surface area contributed by atoms with Gasteiger partial charge >= 0.3 is 0 Å². The average Bonchev–Trinajstić information content (AvgIpc) is 2.75. The summed E-state index contributed by atoms with van der Waals surface area (Å²) in [5.41, 5.74) is 1.75. The van der Waals surface area contributed by atoms with Crippen LogP contribution in [0.15, 0.2) is 18.2 Å². The summed E-state index contributed by atoms with van der Waals surface area (Å²) in [6, 6.07) is 6.16. The molecule has 102 valence electrons. The van der Waals surface area contributed by atoms with Gasteiger partial charge in [-0.2, -0.15) is 4.98 Å². The van der Waals surface area contributed by atoms with Crippen LogP contribution in [0.2, 0.25) is 0 Å². The monoisotopic (exact) mass is 263 g/mol. The van der Waals surface area contributed by atoms with Crippen LogP contribution in [0.3, 0.4) is 0 Å². The van der Waals surface area contributed by atoms with Crippen LogP contribution < -0.4 is 14.8 Å². The van der Waals surface area contributed by atoms with E-state index in [0.29, 0.717) is 19.1 Å². The third-order valence-corrected chi connectivity index (χ3v) is 2.81. The van der Waals surface area contributed by atoms with Gasteiger partial charge in [-0.25, -0.2) is 0 Å². The molecule has 19 heavy (non-hydrogen) atoms. The topological polar surface area (TPSA) is 65.4 Å². The van der Waals surface area contributed by atoms with Crippen molar-refractivity contribution in [2.45, 2.75) is 13.5 Å². The minimum atomic E-state index is -0.0547. The molecule has 0 aliphatic heterocycles. The number of ether oxygens (including phenoxy) is 2. The molecule has 2 rings (SSSR count). The van der Waals surface area contributed by atoms with Crippen molar-refractivity contribution in [1.82, 2.24) is 14.9 Å². The summed E-state index contributed by atoms with van der Waals surface area (Å²) in [6.45, 7) is 2.60. The number of imidazole rings is 1. The van der Waals surface area contributed by atoms with E-state index in [4.69, 9.17) is 9.47 Å². The zero-order valence-corrected chi connectivity index (χ0v) is 11.3. The molecule has 1 aromatic heterocycles. The number of aromatic nitrogens is 2. The quantitative estimate of drug-likeness (QED) is 0.880. The summed E-state index contributed by atoms with van der Waals surface area (Å²) in [6.07, 6.45) is 0. The number of nitrogens with one attached hydrogen (secondary N) is 1. The molecular formula is C13H17N3O3. The van der Waals surface area contributed by atoms with Gasteiger partial charge in [0, 0.05) is 26.1 Å². The van der Waals surface area contributed by atoms with Crippen LogP contribution in [0.25, 0.3) is 11.0 Å². The standard InChI is InChI=1S/C13H17N3O3/c1-9(17)14-6-7-16-12-8-10(18-2)4-5-11(12)15-13(16)19-3/h4-5,8H,6-7H2,1-3H3,(H,14,17). The van der Waals surface area contributed by atoms with Crippen LogP contribution in [0, 0.1) is 0 Å². The molecule has 6 heteroatoms. The van der Waals surface area contributed by atoms with E-state index in [1.54, 1.807) is 14.2 Å². The SMILES string of the molecule is COc1ccc2nc(OC)n(CCNC(C)=O)c2c1. The average molecular weight is 263 g/mol. The minimum absolute atomic E-state index is 0.0547. The lowest BCUT2D eigenvalue weighted by atomic mass is 10.3. The second-order valence-corrected chi connectivity index (χ2v) is 4.09. The van der Waals surface area contributed by atoms with Gasteiger partial charge in [0.25, 0.3) is 6.01 Å². The van der Waals surface area contributed by atoms with E-state index in [1.807, 2.05) is 22.8 Å². The van der Waals surface area contributed by atoms with Gasteiger partial charge in [-0.1, -0.05) is 0 Å². The fourth-order valence-corrected chi connectivity index (χ4v) is 1.92. The number of hydrogen-bond donors (Lipinski definition) is 1. The van der Waals surface area contributed by atoms with E-state index in [0.717, 1.165) is 16.8 Å². The number of rotatable bonds is 5. The molecule has 0 aliphatic carbocycles. The first-order valence-electron chi connectivity index (χ1n) is 5.98. The first-order chi connectivity index (χ1) is 9.15. The molecule has 2 aromatic rings. The van der Waals surface area contributed by atoms with Crippen molar-refractivity contribution in [2.24, 2.45) is 0 Å². The zero-order chi connectivity index (χ0) is 13.8. The van der Waals surface area contributed by atoms with Crippen molar-refractivity contribution < 1.29 is 14.3 Å². The van der Waals surface area contributed by atoms with Crippen molar-refractivity contribution in [3.05, 3.63) is 18.2 Å². The lowest BCUT2D eigenvalue weighted by Gasteiger charge is -2.08. The van der Waals surface area contributed by atoms with Crippen LogP contribution in [-0.2, 0) is 11.3 Å². The second kappa shape index (κ2) is 5.60. The molecule has 1 N–H and O–H groups in total. The van der Waals surface area contributed by atoms with Crippen LogP contribution in [0.4, 0.5) is 0 Å². The molecule has 6 nitrogen and oxygen atoms in total. The predicted octanol–water partition coefficient (Wildman–Crippen LogP) is 1.19. The van der Waals surface area contributed by atoms with Gasteiger partial charge < -0.3 is 14.8 Å². The Morgan fingerprint density at radius 3 is 2.79 bits per heavy atom. The lowest BCUT2D eigenvalue weighted by Crippen LogP contribution is -2.24. The van der Waals surface area contributed by atoms with Crippen LogP contribution >= 0.6 is 0 Å². The number of carbonyl (C=O) groups is 1. The molecule has 1 amide bonds. The maximum atomic E-state index is 10.9. The Kier molecular flexibility index (Phi) is 3.89. The molecule has 0 saturated carbocycles. The molecule has 0 unspecified atom stereocenters. The van der Waals surface area contributed by atoms with Crippen molar-refractivity contribution >= 4 is 16.9 Å². The van der Waals surface area contributed by atoms with E-state index in [1.165, 1.54) is 6.92 Å². The fourth-order valence-electron chi connectivity index (χ4n) is 1.92. The second-order valence-electron chi connectivity index (χ2n) is 4.09. The highest BCUT2D eigenvalue weighted by Gasteiger charge is 2.11. The lowest BCUT2D eigenvalue weighted by molar-refractivity contribution is -0.118. The third kappa shape index (κ3) is 2.78. The zero-order valence-electron chi connectivity index (χ0n) is 11.3. The van der Waals surface area contributed by atoms with E-state index >= 15 is 0 Å². The Morgan fingerprint density at radius 1 is 1.37 bits per heavy atom. The van der Waals surface area contributed by atoms with Gasteiger partial charge in [-0.15, -0.1) is 0 Å². The summed E-state index contributed by atoms with van der Waals surface area (Å²) in [7, 11) is 3.20. The van der Waals surface area contributed by atoms with E-state index < -0.39 is 0 Å². The van der Waals surface area contributed by atoms with Gasteiger partial charge in [0.15, 0.2) is 0 Å². The molecule has 1 heterocycles. The Hall–Kier alpha value is -2.24. The summed E-state index contributed by atoms with van der Waals surface area (Å²) in [4.78, 5) is 15.3. The molecule has 0 spiro atoms. The van der Waals surface area contributed by atoms with Crippen molar-refractivity contribution in [1.29, 1.82) is 0 Å². The smallest absolute Gasteiger partial charge is 0.297 e. The Bertz CT molecular complexity index is 592. The molecular weight excluding hydrogens is 246 g/mol. The maximum Gasteiger partial charge on any atom is 0.297 e. The number of fused-ring (bicyclic) bond motifs is 1.